The summed E-state index contributed by atoms with van der Waals surface area (Å²) < 4.78 is 0. The van der Waals surface area contributed by atoms with Crippen molar-refractivity contribution >= 4 is 28.1 Å². The third-order valence-corrected chi connectivity index (χ3v) is 4.66. The summed E-state index contributed by atoms with van der Waals surface area (Å²) in [5.74, 6) is 0.443. The van der Waals surface area contributed by atoms with Gasteiger partial charge in [-0.3, -0.25) is 0 Å². The molecule has 0 fully saturated rings. The highest BCUT2D eigenvalue weighted by molar-refractivity contribution is 7.15. The quantitative estimate of drug-likeness (QED) is 0.860. The zero-order valence-corrected chi connectivity index (χ0v) is 14.6. The average molecular weight is 324 g/mol. The Kier molecular flexibility index (Phi) is 5.62. The van der Waals surface area contributed by atoms with E-state index in [1.54, 1.807) is 11.3 Å². The Morgan fingerprint density at radius 3 is 2.76 bits per heavy atom. The second kappa shape index (κ2) is 7.25. The van der Waals surface area contributed by atoms with Crippen molar-refractivity contribution in [1.82, 2.24) is 10.3 Å². The molecule has 2 aromatic rings. The van der Waals surface area contributed by atoms with Crippen LogP contribution in [0, 0.1) is 0 Å². The lowest BCUT2D eigenvalue weighted by Crippen LogP contribution is -2.16. The topological polar surface area (TPSA) is 28.2 Å². The molecule has 0 saturated heterocycles. The monoisotopic (exact) mass is 323 g/mol. The van der Waals surface area contributed by atoms with E-state index in [-0.39, 0.29) is 0 Å². The SMILES string of the molecule is CNCc1sc(N(C)Cc2cccc(Cl)c2)nc1C(C)C. The van der Waals surface area contributed by atoms with Crippen molar-refractivity contribution in [3.8, 4) is 0 Å². The molecule has 3 nitrogen and oxygen atoms in total. The van der Waals surface area contributed by atoms with Gasteiger partial charge in [-0.05, 0) is 30.7 Å². The maximum Gasteiger partial charge on any atom is 0.185 e. The van der Waals surface area contributed by atoms with Crippen LogP contribution in [0.4, 0.5) is 5.13 Å². The number of hydrogen-bond acceptors (Lipinski definition) is 4. The van der Waals surface area contributed by atoms with E-state index < -0.39 is 0 Å². The van der Waals surface area contributed by atoms with Crippen molar-refractivity contribution in [1.29, 1.82) is 0 Å². The summed E-state index contributed by atoms with van der Waals surface area (Å²) in [5.41, 5.74) is 2.39. The van der Waals surface area contributed by atoms with Gasteiger partial charge in [0.15, 0.2) is 5.13 Å². The van der Waals surface area contributed by atoms with Crippen molar-refractivity contribution in [2.45, 2.75) is 32.9 Å². The fourth-order valence-electron chi connectivity index (χ4n) is 2.23. The molecule has 5 heteroatoms. The van der Waals surface area contributed by atoms with Gasteiger partial charge in [-0.25, -0.2) is 4.98 Å². The fraction of sp³-hybridized carbons (Fsp3) is 0.438. The molecule has 0 unspecified atom stereocenters. The Labute approximate surface area is 136 Å². The zero-order chi connectivity index (χ0) is 15.4. The van der Waals surface area contributed by atoms with Crippen molar-refractivity contribution in [2.24, 2.45) is 0 Å². The average Bonchev–Trinajstić information content (AvgIpc) is 2.83. The predicted molar refractivity (Wildman–Crippen MR) is 92.5 cm³/mol. The van der Waals surface area contributed by atoms with Gasteiger partial charge in [0.05, 0.1) is 5.69 Å². The van der Waals surface area contributed by atoms with E-state index in [4.69, 9.17) is 16.6 Å². The normalized spacial score (nSPS) is 11.1. The third-order valence-electron chi connectivity index (χ3n) is 3.24. The van der Waals surface area contributed by atoms with Gasteiger partial charge in [-0.15, -0.1) is 11.3 Å². The highest BCUT2D eigenvalue weighted by Crippen LogP contribution is 2.31. The van der Waals surface area contributed by atoms with Gasteiger partial charge in [0.1, 0.15) is 0 Å². The van der Waals surface area contributed by atoms with Crippen LogP contribution in [0.1, 0.15) is 35.9 Å². The molecule has 0 aliphatic carbocycles. The summed E-state index contributed by atoms with van der Waals surface area (Å²) in [5, 5.41) is 5.06. The van der Waals surface area contributed by atoms with Gasteiger partial charge in [-0.1, -0.05) is 37.6 Å². The van der Waals surface area contributed by atoms with Crippen LogP contribution in [0.25, 0.3) is 0 Å². The highest BCUT2D eigenvalue weighted by atomic mass is 35.5. The minimum absolute atomic E-state index is 0.443. The predicted octanol–water partition coefficient (Wildman–Crippen LogP) is 4.28. The van der Waals surface area contributed by atoms with Gasteiger partial charge in [0.25, 0.3) is 0 Å². The van der Waals surface area contributed by atoms with Gasteiger partial charge < -0.3 is 10.2 Å². The van der Waals surface area contributed by atoms with Gasteiger partial charge in [0.2, 0.25) is 0 Å². The second-order valence-electron chi connectivity index (χ2n) is 5.48. The molecule has 0 aliphatic rings. The Balaban J connectivity index is 2.18. The van der Waals surface area contributed by atoms with E-state index in [9.17, 15) is 0 Å². The Morgan fingerprint density at radius 1 is 1.38 bits per heavy atom. The van der Waals surface area contributed by atoms with E-state index in [1.165, 1.54) is 16.1 Å². The van der Waals surface area contributed by atoms with Gasteiger partial charge in [0, 0.05) is 30.0 Å². The Hall–Kier alpha value is -1.10. The molecule has 0 atom stereocenters. The minimum Gasteiger partial charge on any atom is -0.347 e. The third kappa shape index (κ3) is 4.19. The highest BCUT2D eigenvalue weighted by Gasteiger charge is 2.16. The van der Waals surface area contributed by atoms with Crippen molar-refractivity contribution in [3.63, 3.8) is 0 Å². The standard InChI is InChI=1S/C16H22ClN3S/c1-11(2)15-14(9-18-3)21-16(19-15)20(4)10-12-6-5-7-13(17)8-12/h5-8,11,18H,9-10H2,1-4H3. The van der Waals surface area contributed by atoms with E-state index in [2.05, 4.69) is 37.2 Å². The number of benzene rings is 1. The first-order valence-electron chi connectivity index (χ1n) is 7.11. The van der Waals surface area contributed by atoms with Crippen LogP contribution in [-0.4, -0.2) is 19.1 Å². The van der Waals surface area contributed by atoms with Crippen LogP contribution in [-0.2, 0) is 13.1 Å². The van der Waals surface area contributed by atoms with E-state index in [0.717, 1.165) is 23.2 Å². The van der Waals surface area contributed by atoms with Crippen molar-refractivity contribution in [3.05, 3.63) is 45.4 Å². The lowest BCUT2D eigenvalue weighted by atomic mass is 10.1. The molecule has 2 rings (SSSR count). The summed E-state index contributed by atoms with van der Waals surface area (Å²) in [6.07, 6.45) is 0. The molecule has 1 N–H and O–H groups in total. The molecule has 0 spiro atoms. The Bertz CT molecular complexity index is 595. The maximum absolute atomic E-state index is 6.05. The molecule has 1 heterocycles. The smallest absolute Gasteiger partial charge is 0.185 e. The number of hydrogen-bond donors (Lipinski definition) is 1. The summed E-state index contributed by atoms with van der Waals surface area (Å²) in [4.78, 5) is 8.32. The van der Waals surface area contributed by atoms with Crippen LogP contribution in [0.15, 0.2) is 24.3 Å². The van der Waals surface area contributed by atoms with Crippen LogP contribution >= 0.6 is 22.9 Å². The number of nitrogens with one attached hydrogen (secondary N) is 1. The molecule has 114 valence electrons. The number of rotatable bonds is 6. The van der Waals surface area contributed by atoms with E-state index >= 15 is 0 Å². The fourth-order valence-corrected chi connectivity index (χ4v) is 3.63. The van der Waals surface area contributed by atoms with Gasteiger partial charge >= 0.3 is 0 Å². The first-order valence-corrected chi connectivity index (χ1v) is 8.30. The van der Waals surface area contributed by atoms with Crippen molar-refractivity contribution in [2.75, 3.05) is 19.0 Å². The van der Waals surface area contributed by atoms with Crippen LogP contribution in [0.5, 0.6) is 0 Å². The molecule has 0 aliphatic heterocycles. The van der Waals surface area contributed by atoms with Crippen LogP contribution in [0.3, 0.4) is 0 Å². The number of thiazole rings is 1. The van der Waals surface area contributed by atoms with Gasteiger partial charge in [-0.2, -0.15) is 0 Å². The van der Waals surface area contributed by atoms with Crippen LogP contribution in [0.2, 0.25) is 5.02 Å². The summed E-state index contributed by atoms with van der Waals surface area (Å²) in [6, 6.07) is 7.98. The van der Waals surface area contributed by atoms with E-state index in [0.29, 0.717) is 5.92 Å². The lowest BCUT2D eigenvalue weighted by Gasteiger charge is -2.16. The molecule has 1 aromatic heterocycles. The maximum atomic E-state index is 6.05. The molecule has 21 heavy (non-hydrogen) atoms. The number of anilines is 1. The summed E-state index contributed by atoms with van der Waals surface area (Å²) in [7, 11) is 4.05. The first-order chi connectivity index (χ1) is 10.0. The second-order valence-corrected chi connectivity index (χ2v) is 6.97. The molecule has 1 aromatic carbocycles. The molecule has 0 amide bonds. The number of nitrogens with zero attached hydrogens (tertiary/aromatic N) is 2. The van der Waals surface area contributed by atoms with Crippen LogP contribution < -0.4 is 10.2 Å². The summed E-state index contributed by atoms with van der Waals surface area (Å²) >= 11 is 7.81. The molecule has 0 saturated carbocycles. The molecule has 0 bridgehead atoms. The Morgan fingerprint density at radius 2 is 2.14 bits per heavy atom. The number of halogens is 1. The molecular formula is C16H22ClN3S. The zero-order valence-electron chi connectivity index (χ0n) is 13.0. The molecule has 0 radical (unpaired) electrons. The number of aromatic nitrogens is 1. The lowest BCUT2D eigenvalue weighted by molar-refractivity contribution is 0.768. The minimum atomic E-state index is 0.443. The molecular weight excluding hydrogens is 302 g/mol. The largest absolute Gasteiger partial charge is 0.347 e. The van der Waals surface area contributed by atoms with E-state index in [1.807, 2.05) is 25.2 Å². The van der Waals surface area contributed by atoms with Crippen molar-refractivity contribution < 1.29 is 0 Å². The summed E-state index contributed by atoms with van der Waals surface area (Å²) in [6.45, 7) is 6.06. The first kappa shape index (κ1) is 16.3.